The number of hydrogen-bond acceptors (Lipinski definition) is 3. The van der Waals surface area contributed by atoms with Crippen molar-refractivity contribution < 1.29 is 4.79 Å². The van der Waals surface area contributed by atoms with Crippen LogP contribution < -0.4 is 10.2 Å². The highest BCUT2D eigenvalue weighted by atomic mass is 35.5. The van der Waals surface area contributed by atoms with Gasteiger partial charge in [0, 0.05) is 24.7 Å². The van der Waals surface area contributed by atoms with Crippen LogP contribution >= 0.6 is 23.2 Å². The summed E-state index contributed by atoms with van der Waals surface area (Å²) in [7, 11) is 0. The average Bonchev–Trinajstić information content (AvgIpc) is 2.66. The molecule has 2 aromatic carbocycles. The van der Waals surface area contributed by atoms with Gasteiger partial charge in [0.1, 0.15) is 0 Å². The molecule has 0 saturated carbocycles. The number of piperazine rings is 1. The van der Waals surface area contributed by atoms with Gasteiger partial charge in [-0.2, -0.15) is 0 Å². The van der Waals surface area contributed by atoms with Crippen LogP contribution in [0.25, 0.3) is 0 Å². The molecule has 2 aromatic rings. The van der Waals surface area contributed by atoms with E-state index in [-0.39, 0.29) is 11.9 Å². The molecule has 0 radical (unpaired) electrons. The Morgan fingerprint density at radius 1 is 1.15 bits per heavy atom. The fourth-order valence-corrected chi connectivity index (χ4v) is 3.93. The quantitative estimate of drug-likeness (QED) is 0.804. The van der Waals surface area contributed by atoms with Gasteiger partial charge in [-0.3, -0.25) is 4.79 Å². The Labute approximate surface area is 171 Å². The van der Waals surface area contributed by atoms with Crippen LogP contribution in [0.15, 0.2) is 42.5 Å². The fraction of sp³-hybridized carbons (Fsp3) is 0.381. The molecule has 0 spiro atoms. The summed E-state index contributed by atoms with van der Waals surface area (Å²) >= 11 is 12.6. The first kappa shape index (κ1) is 20.0. The van der Waals surface area contributed by atoms with E-state index in [4.69, 9.17) is 23.2 Å². The Morgan fingerprint density at radius 2 is 1.89 bits per heavy atom. The van der Waals surface area contributed by atoms with Gasteiger partial charge in [-0.15, -0.1) is 0 Å². The number of likely N-dealkylation sites (N-methyl/N-ethyl adjacent to an activating group) is 1. The summed E-state index contributed by atoms with van der Waals surface area (Å²) in [5.74, 6) is 0.130. The van der Waals surface area contributed by atoms with E-state index in [1.54, 1.807) is 0 Å². The second-order valence-corrected chi connectivity index (χ2v) is 7.68. The number of nitrogens with zero attached hydrogens (tertiary/aromatic N) is 2. The Kier molecular flexibility index (Phi) is 6.64. The standard InChI is InChI=1S/C21H25Cl2N3O/c1-3-24-13-21(27)25-10-11-26(19-9-4-15(2)12-18(19)23)20(14-25)16-5-7-17(22)8-6-16/h4-9,12,20,24H,3,10-11,13-14H2,1-2H3/t20-/m0/s1. The number of carbonyl (C=O) groups excluding carboxylic acids is 1. The van der Waals surface area contributed by atoms with E-state index in [1.807, 2.05) is 49.1 Å². The third kappa shape index (κ3) is 4.75. The predicted molar refractivity (Wildman–Crippen MR) is 113 cm³/mol. The molecule has 1 aliphatic heterocycles. The molecule has 1 saturated heterocycles. The minimum atomic E-state index is 0.0294. The van der Waals surface area contributed by atoms with E-state index in [0.29, 0.717) is 24.7 Å². The zero-order valence-electron chi connectivity index (χ0n) is 15.7. The average molecular weight is 406 g/mol. The van der Waals surface area contributed by atoms with Gasteiger partial charge in [0.05, 0.1) is 23.3 Å². The lowest BCUT2D eigenvalue weighted by Gasteiger charge is -2.43. The van der Waals surface area contributed by atoms with Crippen LogP contribution in [0.5, 0.6) is 0 Å². The topological polar surface area (TPSA) is 35.6 Å². The predicted octanol–water partition coefficient (Wildman–Crippen LogP) is 4.30. The number of halogens is 2. The van der Waals surface area contributed by atoms with Crippen molar-refractivity contribution >= 4 is 34.8 Å². The second kappa shape index (κ2) is 8.96. The summed E-state index contributed by atoms with van der Waals surface area (Å²) < 4.78 is 0. The van der Waals surface area contributed by atoms with Gasteiger partial charge in [-0.1, -0.05) is 48.3 Å². The molecule has 0 aromatic heterocycles. The first-order valence-corrected chi connectivity index (χ1v) is 10.0. The fourth-order valence-electron chi connectivity index (χ4n) is 3.46. The van der Waals surface area contributed by atoms with Crippen molar-refractivity contribution in [3.63, 3.8) is 0 Å². The number of nitrogens with one attached hydrogen (secondary N) is 1. The number of hydrogen-bond donors (Lipinski definition) is 1. The van der Waals surface area contributed by atoms with E-state index in [2.05, 4.69) is 22.3 Å². The summed E-state index contributed by atoms with van der Waals surface area (Å²) in [5.41, 5.74) is 3.25. The summed E-state index contributed by atoms with van der Waals surface area (Å²) in [5, 5.41) is 4.56. The van der Waals surface area contributed by atoms with E-state index in [0.717, 1.165) is 34.9 Å². The van der Waals surface area contributed by atoms with Gasteiger partial charge in [0.15, 0.2) is 0 Å². The molecule has 1 fully saturated rings. The van der Waals surface area contributed by atoms with E-state index < -0.39 is 0 Å². The van der Waals surface area contributed by atoms with Crippen LogP contribution in [0, 0.1) is 6.92 Å². The molecule has 1 N–H and O–H groups in total. The van der Waals surface area contributed by atoms with Crippen molar-refractivity contribution in [3.05, 3.63) is 63.6 Å². The molecule has 1 heterocycles. The number of amides is 1. The van der Waals surface area contributed by atoms with Crippen molar-refractivity contribution in [2.45, 2.75) is 19.9 Å². The van der Waals surface area contributed by atoms with Crippen LogP contribution in [-0.4, -0.2) is 43.5 Å². The lowest BCUT2D eigenvalue weighted by Crippen LogP contribution is -2.52. The van der Waals surface area contributed by atoms with Crippen LogP contribution in [0.3, 0.4) is 0 Å². The van der Waals surface area contributed by atoms with Crippen molar-refractivity contribution in [2.75, 3.05) is 37.6 Å². The maximum absolute atomic E-state index is 12.5. The molecule has 1 atom stereocenters. The monoisotopic (exact) mass is 405 g/mol. The lowest BCUT2D eigenvalue weighted by atomic mass is 10.0. The molecular weight excluding hydrogens is 381 g/mol. The van der Waals surface area contributed by atoms with E-state index in [1.165, 1.54) is 0 Å². The Bertz CT molecular complexity index is 795. The Balaban J connectivity index is 1.90. The summed E-state index contributed by atoms with van der Waals surface area (Å²) in [6.07, 6.45) is 0. The zero-order chi connectivity index (χ0) is 19.4. The zero-order valence-corrected chi connectivity index (χ0v) is 17.2. The SMILES string of the molecule is CCNCC(=O)N1CCN(c2ccc(C)cc2Cl)[C@H](c2ccc(Cl)cc2)C1. The van der Waals surface area contributed by atoms with Gasteiger partial charge in [0.25, 0.3) is 0 Å². The molecule has 27 heavy (non-hydrogen) atoms. The van der Waals surface area contributed by atoms with Crippen LogP contribution in [0.2, 0.25) is 10.0 Å². The molecule has 0 bridgehead atoms. The normalized spacial score (nSPS) is 17.3. The highest BCUT2D eigenvalue weighted by Crippen LogP contribution is 2.36. The highest BCUT2D eigenvalue weighted by Gasteiger charge is 2.31. The van der Waals surface area contributed by atoms with Crippen LogP contribution in [-0.2, 0) is 4.79 Å². The smallest absolute Gasteiger partial charge is 0.236 e. The van der Waals surface area contributed by atoms with E-state index >= 15 is 0 Å². The largest absolute Gasteiger partial charge is 0.360 e. The molecule has 0 unspecified atom stereocenters. The van der Waals surface area contributed by atoms with Gasteiger partial charge < -0.3 is 15.1 Å². The van der Waals surface area contributed by atoms with Crippen molar-refractivity contribution in [3.8, 4) is 0 Å². The second-order valence-electron chi connectivity index (χ2n) is 6.84. The maximum Gasteiger partial charge on any atom is 0.236 e. The minimum Gasteiger partial charge on any atom is -0.360 e. The number of benzene rings is 2. The summed E-state index contributed by atoms with van der Waals surface area (Å²) in [6, 6.07) is 14.0. The third-order valence-corrected chi connectivity index (χ3v) is 5.48. The first-order valence-electron chi connectivity index (χ1n) is 9.26. The lowest BCUT2D eigenvalue weighted by molar-refractivity contribution is -0.131. The molecule has 0 aliphatic carbocycles. The first-order chi connectivity index (χ1) is 13.0. The summed E-state index contributed by atoms with van der Waals surface area (Å²) in [4.78, 5) is 16.8. The van der Waals surface area contributed by atoms with E-state index in [9.17, 15) is 4.79 Å². The Morgan fingerprint density at radius 3 is 2.56 bits per heavy atom. The molecule has 6 heteroatoms. The number of rotatable bonds is 5. The molecule has 4 nitrogen and oxygen atoms in total. The molecule has 1 aliphatic rings. The number of aryl methyl sites for hydroxylation is 1. The number of anilines is 1. The molecule has 3 rings (SSSR count). The third-order valence-electron chi connectivity index (χ3n) is 4.93. The van der Waals surface area contributed by atoms with Crippen molar-refractivity contribution in [1.82, 2.24) is 10.2 Å². The van der Waals surface area contributed by atoms with Gasteiger partial charge in [0.2, 0.25) is 5.91 Å². The van der Waals surface area contributed by atoms with Crippen LogP contribution in [0.4, 0.5) is 5.69 Å². The minimum absolute atomic E-state index is 0.0294. The van der Waals surface area contributed by atoms with Gasteiger partial charge in [-0.25, -0.2) is 0 Å². The summed E-state index contributed by atoms with van der Waals surface area (Å²) in [6.45, 7) is 7.22. The van der Waals surface area contributed by atoms with Gasteiger partial charge in [-0.05, 0) is 48.9 Å². The van der Waals surface area contributed by atoms with Crippen LogP contribution in [0.1, 0.15) is 24.1 Å². The molecule has 1 amide bonds. The molecular formula is C21H25Cl2N3O. The highest BCUT2D eigenvalue weighted by molar-refractivity contribution is 6.33. The maximum atomic E-state index is 12.5. The van der Waals surface area contributed by atoms with Gasteiger partial charge >= 0.3 is 0 Å². The number of carbonyl (C=O) groups is 1. The molecule has 144 valence electrons. The van der Waals surface area contributed by atoms with Crippen molar-refractivity contribution in [2.24, 2.45) is 0 Å². The Hall–Kier alpha value is -1.75. The van der Waals surface area contributed by atoms with Crippen molar-refractivity contribution in [1.29, 1.82) is 0 Å².